The summed E-state index contributed by atoms with van der Waals surface area (Å²) in [6.45, 7) is -0.178. The predicted molar refractivity (Wildman–Crippen MR) is 106 cm³/mol. The van der Waals surface area contributed by atoms with Crippen molar-refractivity contribution in [2.45, 2.75) is 44.6 Å². The number of urea groups is 1. The van der Waals surface area contributed by atoms with E-state index in [4.69, 9.17) is 4.74 Å². The molecule has 0 aromatic heterocycles. The Morgan fingerprint density at radius 1 is 1.17 bits per heavy atom. The summed E-state index contributed by atoms with van der Waals surface area (Å²) in [5, 5.41) is 4.86. The van der Waals surface area contributed by atoms with Gasteiger partial charge in [-0.3, -0.25) is 14.4 Å². The maximum atomic E-state index is 12.2. The van der Waals surface area contributed by atoms with Gasteiger partial charge in [0.15, 0.2) is 6.61 Å². The summed E-state index contributed by atoms with van der Waals surface area (Å²) in [5.74, 6) is -1.43. The number of sulfonamides is 1. The summed E-state index contributed by atoms with van der Waals surface area (Å²) in [6, 6.07) is 4.11. The Hall–Kier alpha value is -2.62. The molecule has 1 aromatic carbocycles. The molecule has 158 valence electrons. The number of esters is 1. The lowest BCUT2D eigenvalue weighted by atomic mass is 10.0. The van der Waals surface area contributed by atoms with E-state index in [0.29, 0.717) is 25.1 Å². The van der Waals surface area contributed by atoms with Crippen molar-refractivity contribution in [1.29, 1.82) is 0 Å². The molecular weight excluding hydrogens is 398 g/mol. The summed E-state index contributed by atoms with van der Waals surface area (Å²) < 4.78 is 30.1. The molecule has 1 fully saturated rings. The molecule has 10 heteroatoms. The Morgan fingerprint density at radius 2 is 1.90 bits per heavy atom. The summed E-state index contributed by atoms with van der Waals surface area (Å²) in [6.07, 6.45) is 6.34. The van der Waals surface area contributed by atoms with Gasteiger partial charge in [0.25, 0.3) is 5.91 Å². The van der Waals surface area contributed by atoms with Gasteiger partial charge in [-0.2, -0.15) is 0 Å². The Kier molecular flexibility index (Phi) is 6.41. The van der Waals surface area contributed by atoms with Crippen molar-refractivity contribution < 1.29 is 27.5 Å². The summed E-state index contributed by atoms with van der Waals surface area (Å²) in [5.41, 5.74) is 1.51. The van der Waals surface area contributed by atoms with Crippen molar-refractivity contribution in [3.8, 4) is 0 Å². The third kappa shape index (κ3) is 5.47. The quantitative estimate of drug-likeness (QED) is 0.689. The highest BCUT2D eigenvalue weighted by Crippen LogP contribution is 2.30. The molecule has 1 heterocycles. The molecule has 0 radical (unpaired) electrons. The lowest BCUT2D eigenvalue weighted by Gasteiger charge is -2.29. The van der Waals surface area contributed by atoms with Gasteiger partial charge in [0.1, 0.15) is 0 Å². The normalized spacial score (nSPS) is 16.8. The number of benzene rings is 1. The van der Waals surface area contributed by atoms with Crippen LogP contribution in [0.2, 0.25) is 0 Å². The van der Waals surface area contributed by atoms with E-state index in [2.05, 4.69) is 10.6 Å². The molecular formula is C19H25N3O6S. The van der Waals surface area contributed by atoms with Crippen LogP contribution in [0.15, 0.2) is 18.2 Å². The van der Waals surface area contributed by atoms with E-state index in [-0.39, 0.29) is 11.6 Å². The molecule has 1 saturated carbocycles. The Balaban J connectivity index is 1.54. The molecule has 1 aliphatic heterocycles. The lowest BCUT2D eigenvalue weighted by molar-refractivity contribution is -0.123. The van der Waals surface area contributed by atoms with E-state index in [1.807, 2.05) is 0 Å². The van der Waals surface area contributed by atoms with Crippen LogP contribution in [-0.2, 0) is 26.0 Å². The van der Waals surface area contributed by atoms with Crippen molar-refractivity contribution in [1.82, 2.24) is 10.6 Å². The molecule has 0 unspecified atom stereocenters. The van der Waals surface area contributed by atoms with Crippen LogP contribution in [0.3, 0.4) is 0 Å². The Bertz CT molecular complexity index is 909. The Labute approximate surface area is 169 Å². The van der Waals surface area contributed by atoms with Crippen LogP contribution < -0.4 is 14.9 Å². The number of aryl methyl sites for hydroxylation is 1. The number of carbonyl (C=O) groups is 3. The fraction of sp³-hybridized carbons (Fsp3) is 0.526. The minimum atomic E-state index is -3.39. The zero-order chi connectivity index (χ0) is 21.0. The monoisotopic (exact) mass is 423 g/mol. The van der Waals surface area contributed by atoms with Gasteiger partial charge < -0.3 is 10.1 Å². The third-order valence-electron chi connectivity index (χ3n) is 5.07. The summed E-state index contributed by atoms with van der Waals surface area (Å²) in [4.78, 5) is 35.8. The fourth-order valence-electron chi connectivity index (χ4n) is 3.70. The molecule has 29 heavy (non-hydrogen) atoms. The average molecular weight is 423 g/mol. The van der Waals surface area contributed by atoms with E-state index in [0.717, 1.165) is 37.5 Å². The van der Waals surface area contributed by atoms with E-state index in [1.54, 1.807) is 12.1 Å². The van der Waals surface area contributed by atoms with Crippen LogP contribution in [-0.4, -0.2) is 51.8 Å². The first-order valence-electron chi connectivity index (χ1n) is 9.62. The highest BCUT2D eigenvalue weighted by atomic mass is 32.2. The van der Waals surface area contributed by atoms with Gasteiger partial charge in [0, 0.05) is 12.6 Å². The smallest absolute Gasteiger partial charge is 0.338 e. The second kappa shape index (κ2) is 8.81. The van der Waals surface area contributed by atoms with Crippen LogP contribution in [0.25, 0.3) is 0 Å². The molecule has 2 aliphatic rings. The number of fused-ring (bicyclic) bond motifs is 1. The van der Waals surface area contributed by atoms with Crippen LogP contribution in [0.5, 0.6) is 0 Å². The van der Waals surface area contributed by atoms with Gasteiger partial charge >= 0.3 is 12.0 Å². The minimum Gasteiger partial charge on any atom is -0.452 e. The molecule has 1 aromatic rings. The Morgan fingerprint density at radius 3 is 2.59 bits per heavy atom. The zero-order valence-electron chi connectivity index (χ0n) is 16.3. The fourth-order valence-corrected chi connectivity index (χ4v) is 4.70. The van der Waals surface area contributed by atoms with Crippen LogP contribution in [0.1, 0.15) is 48.0 Å². The van der Waals surface area contributed by atoms with Crippen molar-refractivity contribution in [2.24, 2.45) is 0 Å². The largest absolute Gasteiger partial charge is 0.452 e. The number of imide groups is 1. The molecule has 3 amide bonds. The first-order valence-corrected chi connectivity index (χ1v) is 11.5. The van der Waals surface area contributed by atoms with Gasteiger partial charge in [-0.25, -0.2) is 18.0 Å². The van der Waals surface area contributed by atoms with Crippen LogP contribution >= 0.6 is 0 Å². The average Bonchev–Trinajstić information content (AvgIpc) is 3.17. The van der Waals surface area contributed by atoms with Gasteiger partial charge in [-0.1, -0.05) is 12.8 Å². The van der Waals surface area contributed by atoms with E-state index < -0.39 is 34.5 Å². The van der Waals surface area contributed by atoms with Gasteiger partial charge in [0.2, 0.25) is 10.0 Å². The molecule has 3 rings (SSSR count). The second-order valence-electron chi connectivity index (χ2n) is 7.36. The van der Waals surface area contributed by atoms with Crippen LogP contribution in [0, 0.1) is 0 Å². The van der Waals surface area contributed by atoms with Crippen molar-refractivity contribution in [3.63, 3.8) is 0 Å². The molecule has 2 N–H and O–H groups in total. The van der Waals surface area contributed by atoms with E-state index >= 15 is 0 Å². The number of nitrogens with zero attached hydrogens (tertiary/aromatic N) is 1. The number of rotatable bonds is 5. The van der Waals surface area contributed by atoms with Gasteiger partial charge in [0.05, 0.1) is 17.5 Å². The highest BCUT2D eigenvalue weighted by molar-refractivity contribution is 7.92. The number of amides is 3. The van der Waals surface area contributed by atoms with Crippen molar-refractivity contribution >= 4 is 33.6 Å². The standard InChI is InChI=1S/C19H25N3O6S/c1-29(26,27)22-10-4-5-13-11-14(8-9-16(13)22)18(24)28-12-17(23)21-19(25)20-15-6-2-3-7-15/h8-9,11,15H,2-7,10,12H2,1H3,(H2,20,21,23,25). The number of carbonyl (C=O) groups excluding carboxylic acids is 3. The molecule has 0 spiro atoms. The first kappa shape index (κ1) is 21.1. The highest BCUT2D eigenvalue weighted by Gasteiger charge is 2.25. The number of nitrogens with one attached hydrogen (secondary N) is 2. The molecule has 0 bridgehead atoms. The SMILES string of the molecule is CS(=O)(=O)N1CCCc2cc(C(=O)OCC(=O)NC(=O)NC3CCCC3)ccc21. The number of hydrogen-bond acceptors (Lipinski definition) is 6. The maximum absolute atomic E-state index is 12.2. The second-order valence-corrected chi connectivity index (χ2v) is 9.27. The van der Waals surface area contributed by atoms with Gasteiger partial charge in [-0.05, 0) is 49.4 Å². The van der Waals surface area contributed by atoms with Crippen molar-refractivity contribution in [3.05, 3.63) is 29.3 Å². The molecule has 0 atom stereocenters. The lowest BCUT2D eigenvalue weighted by Crippen LogP contribution is -2.45. The first-order chi connectivity index (χ1) is 13.7. The van der Waals surface area contributed by atoms with E-state index in [9.17, 15) is 22.8 Å². The topological polar surface area (TPSA) is 122 Å². The maximum Gasteiger partial charge on any atom is 0.338 e. The van der Waals surface area contributed by atoms with Crippen LogP contribution in [0.4, 0.5) is 10.5 Å². The number of hydrogen-bond donors (Lipinski definition) is 2. The number of anilines is 1. The predicted octanol–water partition coefficient (Wildman–Crippen LogP) is 1.32. The zero-order valence-corrected chi connectivity index (χ0v) is 17.1. The minimum absolute atomic E-state index is 0.0762. The third-order valence-corrected chi connectivity index (χ3v) is 6.25. The van der Waals surface area contributed by atoms with Gasteiger partial charge in [-0.15, -0.1) is 0 Å². The summed E-state index contributed by atoms with van der Waals surface area (Å²) >= 11 is 0. The molecule has 9 nitrogen and oxygen atoms in total. The molecule has 0 saturated heterocycles. The number of ether oxygens (including phenoxy) is 1. The molecule has 1 aliphatic carbocycles. The summed E-state index contributed by atoms with van der Waals surface area (Å²) in [7, 11) is -3.39. The van der Waals surface area contributed by atoms with E-state index in [1.165, 1.54) is 10.4 Å². The van der Waals surface area contributed by atoms with Crippen molar-refractivity contribution in [2.75, 3.05) is 23.7 Å².